The fourth-order valence-corrected chi connectivity index (χ4v) is 4.06. The van der Waals surface area contributed by atoms with E-state index in [9.17, 15) is 4.79 Å². The number of nitrogens with zero attached hydrogens (tertiary/aromatic N) is 3. The molecule has 0 spiro atoms. The highest BCUT2D eigenvalue weighted by Gasteiger charge is 2.25. The van der Waals surface area contributed by atoms with Gasteiger partial charge in [-0.1, -0.05) is 30.3 Å². The lowest BCUT2D eigenvalue weighted by Gasteiger charge is -2.19. The summed E-state index contributed by atoms with van der Waals surface area (Å²) in [5.74, 6) is 0.537. The molecule has 148 valence electrons. The van der Waals surface area contributed by atoms with E-state index in [1.54, 1.807) is 6.07 Å². The lowest BCUT2D eigenvalue weighted by atomic mass is 10.0. The molecule has 0 fully saturated rings. The van der Waals surface area contributed by atoms with Gasteiger partial charge in [0.2, 0.25) is 5.91 Å². The molecule has 2 aromatic carbocycles. The van der Waals surface area contributed by atoms with Gasteiger partial charge in [-0.3, -0.25) is 4.79 Å². The Bertz CT molecular complexity index is 1040. The summed E-state index contributed by atoms with van der Waals surface area (Å²) in [6.07, 6.45) is 3.52. The van der Waals surface area contributed by atoms with Crippen molar-refractivity contribution < 1.29 is 4.79 Å². The Hall–Kier alpha value is -3.18. The molecular weight excluding hydrogens is 360 g/mol. The maximum atomic E-state index is 11.7. The van der Waals surface area contributed by atoms with Gasteiger partial charge in [-0.2, -0.15) is 0 Å². The summed E-state index contributed by atoms with van der Waals surface area (Å²) in [4.78, 5) is 20.7. The summed E-state index contributed by atoms with van der Waals surface area (Å²) >= 11 is 0. The van der Waals surface area contributed by atoms with Crippen LogP contribution in [-0.4, -0.2) is 36.4 Å². The van der Waals surface area contributed by atoms with E-state index < -0.39 is 0 Å². The molecule has 0 bridgehead atoms. The van der Waals surface area contributed by atoms with Crippen LogP contribution in [0.4, 0.5) is 11.5 Å². The van der Waals surface area contributed by atoms with E-state index in [-0.39, 0.29) is 5.91 Å². The molecule has 29 heavy (non-hydrogen) atoms. The molecule has 1 aliphatic rings. The molecule has 0 unspecified atom stereocenters. The quantitative estimate of drug-likeness (QED) is 0.704. The Balaban J connectivity index is 1.59. The first kappa shape index (κ1) is 19.2. The van der Waals surface area contributed by atoms with E-state index in [0.29, 0.717) is 5.56 Å². The minimum atomic E-state index is -0.372. The second-order valence-electron chi connectivity index (χ2n) is 7.83. The van der Waals surface area contributed by atoms with E-state index in [1.165, 1.54) is 16.7 Å². The van der Waals surface area contributed by atoms with Crippen molar-refractivity contribution in [3.63, 3.8) is 0 Å². The van der Waals surface area contributed by atoms with E-state index in [2.05, 4.69) is 65.3 Å². The third kappa shape index (κ3) is 4.15. The molecule has 1 amide bonds. The Morgan fingerprint density at radius 2 is 1.83 bits per heavy atom. The topological polar surface area (TPSA) is 62.5 Å². The number of hydrogen-bond donors (Lipinski definition) is 1. The van der Waals surface area contributed by atoms with Gasteiger partial charge >= 0.3 is 0 Å². The molecular formula is C24H26N4O. The third-order valence-corrected chi connectivity index (χ3v) is 5.28. The van der Waals surface area contributed by atoms with Crippen LogP contribution in [-0.2, 0) is 19.4 Å². The van der Waals surface area contributed by atoms with E-state index >= 15 is 0 Å². The van der Waals surface area contributed by atoms with E-state index in [4.69, 9.17) is 5.73 Å². The lowest BCUT2D eigenvalue weighted by molar-refractivity contribution is 0.0999. The van der Waals surface area contributed by atoms with Crippen molar-refractivity contribution in [2.24, 2.45) is 5.73 Å². The Kier molecular flexibility index (Phi) is 5.32. The summed E-state index contributed by atoms with van der Waals surface area (Å²) in [6, 6.07) is 18.7. The minimum Gasteiger partial charge on any atom is -0.366 e. The van der Waals surface area contributed by atoms with E-state index in [0.717, 1.165) is 43.0 Å². The van der Waals surface area contributed by atoms with Gasteiger partial charge in [0.05, 0.1) is 0 Å². The number of fused-ring (bicyclic) bond motifs is 1. The van der Waals surface area contributed by atoms with Crippen LogP contribution in [0.1, 0.15) is 32.6 Å². The Labute approximate surface area is 171 Å². The smallest absolute Gasteiger partial charge is 0.249 e. The molecule has 1 aromatic heterocycles. The molecule has 5 heteroatoms. The van der Waals surface area contributed by atoms with Gasteiger partial charge in [0.25, 0.3) is 0 Å². The molecule has 5 nitrogen and oxygen atoms in total. The van der Waals surface area contributed by atoms with Crippen molar-refractivity contribution in [3.05, 3.63) is 88.6 Å². The molecule has 3 aromatic rings. The Morgan fingerprint density at radius 1 is 1.07 bits per heavy atom. The van der Waals surface area contributed by atoms with Crippen LogP contribution in [0, 0.1) is 0 Å². The summed E-state index contributed by atoms with van der Waals surface area (Å²) in [7, 11) is 4.17. The van der Waals surface area contributed by atoms with Crippen LogP contribution in [0.15, 0.2) is 60.8 Å². The van der Waals surface area contributed by atoms with Crippen molar-refractivity contribution in [1.29, 1.82) is 0 Å². The lowest BCUT2D eigenvalue weighted by Crippen LogP contribution is -2.15. The van der Waals surface area contributed by atoms with Crippen molar-refractivity contribution in [2.45, 2.75) is 19.4 Å². The molecule has 0 saturated heterocycles. The second kappa shape index (κ2) is 8.05. The van der Waals surface area contributed by atoms with E-state index in [1.807, 2.05) is 18.3 Å². The molecule has 0 saturated carbocycles. The zero-order chi connectivity index (χ0) is 20.4. The summed E-state index contributed by atoms with van der Waals surface area (Å²) in [5, 5.41) is 0. The maximum absolute atomic E-state index is 11.7. The van der Waals surface area contributed by atoms with Gasteiger partial charge in [-0.15, -0.1) is 0 Å². The Morgan fingerprint density at radius 3 is 2.62 bits per heavy atom. The zero-order valence-electron chi connectivity index (χ0n) is 16.9. The average molecular weight is 386 g/mol. The zero-order valence-corrected chi connectivity index (χ0v) is 16.9. The predicted octanol–water partition coefficient (Wildman–Crippen LogP) is 3.53. The highest BCUT2D eigenvalue weighted by atomic mass is 16.1. The minimum absolute atomic E-state index is 0.372. The fraction of sp³-hybridized carbons (Fsp3) is 0.250. The third-order valence-electron chi connectivity index (χ3n) is 5.28. The number of benzene rings is 2. The van der Waals surface area contributed by atoms with Crippen LogP contribution in [0.5, 0.6) is 0 Å². The second-order valence-corrected chi connectivity index (χ2v) is 7.83. The maximum Gasteiger partial charge on any atom is 0.249 e. The SMILES string of the molecule is CN(C)Cc1cccc(Cc2ccnc(N3CCc4c(C(N)=O)cccc43)c2)c1. The first-order valence-electron chi connectivity index (χ1n) is 9.88. The molecule has 2 heterocycles. The van der Waals surface area contributed by atoms with Crippen LogP contribution in [0.2, 0.25) is 0 Å². The van der Waals surface area contributed by atoms with Crippen LogP contribution < -0.4 is 10.6 Å². The van der Waals surface area contributed by atoms with Crippen molar-refractivity contribution in [1.82, 2.24) is 9.88 Å². The van der Waals surface area contributed by atoms with Gasteiger partial charge < -0.3 is 15.5 Å². The predicted molar refractivity (Wildman–Crippen MR) is 117 cm³/mol. The number of rotatable bonds is 6. The number of aromatic nitrogens is 1. The van der Waals surface area contributed by atoms with Crippen molar-refractivity contribution >= 4 is 17.4 Å². The summed E-state index contributed by atoms with van der Waals surface area (Å²) < 4.78 is 0. The highest BCUT2D eigenvalue weighted by Crippen LogP contribution is 2.35. The van der Waals surface area contributed by atoms with Gasteiger partial charge in [0.15, 0.2) is 0 Å². The molecule has 2 N–H and O–H groups in total. The monoisotopic (exact) mass is 386 g/mol. The van der Waals surface area contributed by atoms with Gasteiger partial charge in [0.1, 0.15) is 5.82 Å². The van der Waals surface area contributed by atoms with Crippen LogP contribution >= 0.6 is 0 Å². The largest absolute Gasteiger partial charge is 0.366 e. The standard InChI is InChI=1S/C24H26N4O/c1-27(2)16-19-6-3-5-17(14-19)13-18-9-11-26-23(15-18)28-12-10-20-21(24(25)29)7-4-8-22(20)28/h3-9,11,14-15H,10,12-13,16H2,1-2H3,(H2,25,29). The number of pyridine rings is 1. The molecule has 0 atom stereocenters. The fourth-order valence-electron chi connectivity index (χ4n) is 4.06. The van der Waals surface area contributed by atoms with Crippen molar-refractivity contribution in [2.75, 3.05) is 25.5 Å². The molecule has 0 radical (unpaired) electrons. The highest BCUT2D eigenvalue weighted by molar-refractivity contribution is 5.96. The number of carbonyl (C=O) groups is 1. The average Bonchev–Trinajstić information content (AvgIpc) is 3.12. The normalized spacial score (nSPS) is 13.0. The number of primary amides is 1. The number of amides is 1. The molecule has 0 aliphatic carbocycles. The first-order valence-corrected chi connectivity index (χ1v) is 9.88. The van der Waals surface area contributed by atoms with Crippen LogP contribution in [0.25, 0.3) is 0 Å². The van der Waals surface area contributed by atoms with Gasteiger partial charge in [0, 0.05) is 30.5 Å². The summed E-state index contributed by atoms with van der Waals surface area (Å²) in [6.45, 7) is 1.73. The number of nitrogens with two attached hydrogens (primary N) is 1. The van der Waals surface area contributed by atoms with Gasteiger partial charge in [-0.05, 0) is 73.5 Å². The van der Waals surface area contributed by atoms with Crippen LogP contribution in [0.3, 0.4) is 0 Å². The molecule has 4 rings (SSSR count). The van der Waals surface area contributed by atoms with Crippen molar-refractivity contribution in [3.8, 4) is 0 Å². The summed E-state index contributed by atoms with van der Waals surface area (Å²) in [5.41, 5.74) is 12.0. The number of hydrogen-bond acceptors (Lipinski definition) is 4. The molecule has 1 aliphatic heterocycles. The number of anilines is 2. The first-order chi connectivity index (χ1) is 14.0. The van der Waals surface area contributed by atoms with Gasteiger partial charge in [-0.25, -0.2) is 4.98 Å². The number of carbonyl (C=O) groups excluding carboxylic acids is 1.